The van der Waals surface area contributed by atoms with E-state index in [1.54, 1.807) is 18.2 Å². The van der Waals surface area contributed by atoms with E-state index in [0.717, 1.165) is 83.5 Å². The van der Waals surface area contributed by atoms with Gasteiger partial charge in [0.2, 0.25) is 11.8 Å². The van der Waals surface area contributed by atoms with Gasteiger partial charge in [-0.25, -0.2) is 5.43 Å². The summed E-state index contributed by atoms with van der Waals surface area (Å²) in [6.07, 6.45) is 10.6. The molecule has 2 saturated carbocycles. The lowest BCUT2D eigenvalue weighted by atomic mass is 9.68. The summed E-state index contributed by atoms with van der Waals surface area (Å²) >= 11 is 1.38. The lowest BCUT2D eigenvalue weighted by Gasteiger charge is -2.48. The Morgan fingerprint density at radius 2 is 1.43 bits per heavy atom. The van der Waals surface area contributed by atoms with E-state index in [0.29, 0.717) is 30.0 Å². The van der Waals surface area contributed by atoms with E-state index in [9.17, 15) is 22.8 Å². The Balaban J connectivity index is 1.16. The molecule has 4 unspecified atom stereocenters. The lowest BCUT2D eigenvalue weighted by Crippen LogP contribution is -2.63. The topological polar surface area (TPSA) is 94.7 Å². The van der Waals surface area contributed by atoms with Crippen LogP contribution >= 0.6 is 11.9 Å². The summed E-state index contributed by atoms with van der Waals surface area (Å²) in [7, 11) is 0. The van der Waals surface area contributed by atoms with Gasteiger partial charge >= 0.3 is 6.18 Å². The fraction of sp³-hybridized carbons (Fsp3) is 0.641. The van der Waals surface area contributed by atoms with E-state index in [-0.39, 0.29) is 24.9 Å². The molecule has 8 nitrogen and oxygen atoms in total. The van der Waals surface area contributed by atoms with Crippen LogP contribution < -0.4 is 26.1 Å². The molecule has 2 aliphatic carbocycles. The van der Waals surface area contributed by atoms with Crippen molar-refractivity contribution >= 4 is 29.4 Å². The Labute approximate surface area is 304 Å². The minimum atomic E-state index is -4.42. The van der Waals surface area contributed by atoms with Gasteiger partial charge in [-0.1, -0.05) is 101 Å². The van der Waals surface area contributed by atoms with Crippen molar-refractivity contribution in [2.75, 3.05) is 11.9 Å². The zero-order valence-electron chi connectivity index (χ0n) is 29.5. The maximum Gasteiger partial charge on any atom is 0.393 e. The number of rotatable bonds is 7. The van der Waals surface area contributed by atoms with Crippen molar-refractivity contribution < 1.29 is 27.5 Å². The van der Waals surface area contributed by atoms with Crippen molar-refractivity contribution in [1.29, 1.82) is 0 Å². The van der Waals surface area contributed by atoms with Gasteiger partial charge < -0.3 is 20.7 Å². The first-order valence-corrected chi connectivity index (χ1v) is 20.0. The SMILES string of the molecule is O=C(NC1SN(C2CCCCCCC2)NC1C(=O)Nc1cccc(Oc2ccccc2)c1)C1CNC2(CCCCCCCCC2)C(C(F)(F)F)C1. The predicted octanol–water partition coefficient (Wildman–Crippen LogP) is 8.86. The quantitative estimate of drug-likeness (QED) is 0.212. The van der Waals surface area contributed by atoms with Crippen molar-refractivity contribution in [3.63, 3.8) is 0 Å². The van der Waals surface area contributed by atoms with E-state index >= 15 is 0 Å². The number of anilines is 1. The van der Waals surface area contributed by atoms with Gasteiger partial charge in [0.25, 0.3) is 0 Å². The van der Waals surface area contributed by atoms with Crippen LogP contribution in [0.2, 0.25) is 0 Å². The smallest absolute Gasteiger partial charge is 0.393 e. The molecule has 280 valence electrons. The number of hydrogen-bond donors (Lipinski definition) is 4. The van der Waals surface area contributed by atoms with Gasteiger partial charge in [0, 0.05) is 29.9 Å². The van der Waals surface area contributed by atoms with Crippen LogP contribution in [0.3, 0.4) is 0 Å². The largest absolute Gasteiger partial charge is 0.457 e. The van der Waals surface area contributed by atoms with Crippen molar-refractivity contribution in [3.8, 4) is 11.5 Å². The third-order valence-corrected chi connectivity index (χ3v) is 12.5. The van der Waals surface area contributed by atoms with Gasteiger partial charge in [-0.15, -0.1) is 0 Å². The van der Waals surface area contributed by atoms with Gasteiger partial charge in [0.05, 0.1) is 11.8 Å². The Bertz CT molecular complexity index is 1410. The molecule has 12 heteroatoms. The minimum absolute atomic E-state index is 0.175. The molecule has 1 spiro atoms. The van der Waals surface area contributed by atoms with Crippen molar-refractivity contribution in [3.05, 3.63) is 54.6 Å². The number of amides is 2. The number of carbonyl (C=O) groups excluding carboxylic acids is 2. The predicted molar refractivity (Wildman–Crippen MR) is 196 cm³/mol. The van der Waals surface area contributed by atoms with E-state index < -0.39 is 40.9 Å². The van der Waals surface area contributed by atoms with Crippen molar-refractivity contribution in [1.82, 2.24) is 20.5 Å². The van der Waals surface area contributed by atoms with E-state index in [4.69, 9.17) is 4.74 Å². The molecule has 6 rings (SSSR count). The van der Waals surface area contributed by atoms with Crippen LogP contribution in [0.4, 0.5) is 18.9 Å². The molecule has 2 amide bonds. The summed E-state index contributed by atoms with van der Waals surface area (Å²) in [5.41, 5.74) is 2.89. The molecule has 0 radical (unpaired) electrons. The average Bonchev–Trinajstić information content (AvgIpc) is 3.51. The molecule has 0 aromatic heterocycles. The highest BCUT2D eigenvalue weighted by Gasteiger charge is 2.56. The number of nitrogens with zero attached hydrogens (tertiary/aromatic N) is 1. The summed E-state index contributed by atoms with van der Waals surface area (Å²) in [6.45, 7) is 0.195. The number of nitrogens with one attached hydrogen (secondary N) is 4. The minimum Gasteiger partial charge on any atom is -0.457 e. The van der Waals surface area contributed by atoms with Gasteiger partial charge in [-0.05, 0) is 68.3 Å². The highest BCUT2D eigenvalue weighted by atomic mass is 32.2. The average molecular weight is 730 g/mol. The molecule has 2 heterocycles. The normalized spacial score (nSPS) is 27.2. The van der Waals surface area contributed by atoms with Gasteiger partial charge in [0.1, 0.15) is 22.9 Å². The van der Waals surface area contributed by atoms with Crippen LogP contribution in [0.1, 0.15) is 109 Å². The molecule has 4 aliphatic rings. The monoisotopic (exact) mass is 729 g/mol. The van der Waals surface area contributed by atoms with Crippen LogP contribution in [0.5, 0.6) is 11.5 Å². The molecule has 51 heavy (non-hydrogen) atoms. The Kier molecular flexibility index (Phi) is 13.3. The number of hydrogen-bond acceptors (Lipinski definition) is 7. The van der Waals surface area contributed by atoms with E-state index in [1.165, 1.54) is 18.4 Å². The number of alkyl halides is 3. The second-order valence-corrected chi connectivity index (χ2v) is 16.0. The van der Waals surface area contributed by atoms with Gasteiger partial charge in [-0.3, -0.25) is 9.59 Å². The Hall–Kier alpha value is -2.80. The fourth-order valence-electron chi connectivity index (χ4n) is 8.43. The second kappa shape index (κ2) is 17.8. The molecule has 0 bridgehead atoms. The van der Waals surface area contributed by atoms with Crippen molar-refractivity contribution in [2.24, 2.45) is 11.8 Å². The Morgan fingerprint density at radius 1 is 0.804 bits per heavy atom. The van der Waals surface area contributed by atoms with Gasteiger partial charge in [0.15, 0.2) is 0 Å². The molecular weight excluding hydrogens is 676 g/mol. The number of piperidine rings is 1. The molecule has 4 atom stereocenters. The molecule has 2 aromatic rings. The molecular formula is C39H54F3N5O3S. The van der Waals surface area contributed by atoms with Crippen LogP contribution in [0.25, 0.3) is 0 Å². The van der Waals surface area contributed by atoms with E-state index in [1.807, 2.05) is 40.8 Å². The summed E-state index contributed by atoms with van der Waals surface area (Å²) < 4.78 is 52.4. The maximum absolute atomic E-state index is 14.8. The van der Waals surface area contributed by atoms with Crippen LogP contribution in [-0.2, 0) is 9.59 Å². The van der Waals surface area contributed by atoms with Crippen molar-refractivity contribution in [2.45, 2.75) is 138 Å². The van der Waals surface area contributed by atoms with Crippen LogP contribution in [0.15, 0.2) is 54.6 Å². The summed E-state index contributed by atoms with van der Waals surface area (Å²) in [5, 5.41) is 8.66. The maximum atomic E-state index is 14.8. The van der Waals surface area contributed by atoms with Crippen LogP contribution in [-0.4, -0.2) is 51.9 Å². The van der Waals surface area contributed by atoms with Gasteiger partial charge in [-0.2, -0.15) is 17.6 Å². The summed E-state index contributed by atoms with van der Waals surface area (Å²) in [6, 6.07) is 15.8. The standard InChI is InChI=1S/C39H54F3N5O3S/c40-39(41,42)33-25-28(27-43-38(33)23-14-7-2-1-3-8-15-24-38)35(48)45-37-34(46-47(51-37)30-18-10-5-4-6-11-19-30)36(49)44-29-17-16-22-32(26-29)50-31-20-12-9-13-21-31/h9,12-13,16-17,20-22,26,28,30,33-34,37,43,46H,1-8,10-11,14-15,18-19,23-25,27H2,(H,44,49)(H,45,48). The molecule has 2 aromatic carbocycles. The summed E-state index contributed by atoms with van der Waals surface area (Å²) in [5.74, 6) is -2.01. The number of carbonyl (C=O) groups is 2. The lowest BCUT2D eigenvalue weighted by molar-refractivity contribution is -0.211. The number of halogens is 3. The number of hydrazine groups is 1. The molecule has 4 N–H and O–H groups in total. The van der Waals surface area contributed by atoms with Crippen LogP contribution in [0, 0.1) is 11.8 Å². The first kappa shape index (κ1) is 37.9. The third kappa shape index (κ3) is 10.2. The number of para-hydroxylation sites is 1. The molecule has 4 fully saturated rings. The highest BCUT2D eigenvalue weighted by Crippen LogP contribution is 2.47. The zero-order chi connectivity index (χ0) is 35.7. The molecule has 2 aliphatic heterocycles. The fourth-order valence-corrected chi connectivity index (χ4v) is 9.71. The highest BCUT2D eigenvalue weighted by molar-refractivity contribution is 7.97. The number of ether oxygens (including phenoxy) is 1. The second-order valence-electron chi connectivity index (χ2n) is 14.9. The number of benzene rings is 2. The third-order valence-electron chi connectivity index (χ3n) is 11.2. The Morgan fingerprint density at radius 3 is 2.10 bits per heavy atom. The van der Waals surface area contributed by atoms with E-state index in [2.05, 4.69) is 21.4 Å². The molecule has 2 saturated heterocycles. The first-order valence-electron chi connectivity index (χ1n) is 19.2. The first-order chi connectivity index (χ1) is 24.7. The summed E-state index contributed by atoms with van der Waals surface area (Å²) in [4.78, 5) is 27.9. The zero-order valence-corrected chi connectivity index (χ0v) is 30.3.